The topological polar surface area (TPSA) is 53.4 Å². The maximum Gasteiger partial charge on any atom is 0.335 e. The molecule has 0 amide bonds. The van der Waals surface area contributed by atoms with Gasteiger partial charge in [-0.2, -0.15) is 0 Å². The molecule has 1 saturated heterocycles. The Morgan fingerprint density at radius 2 is 2.05 bits per heavy atom. The minimum Gasteiger partial charge on any atom is -0.478 e. The van der Waals surface area contributed by atoms with Gasteiger partial charge < -0.3 is 10.0 Å². The van der Waals surface area contributed by atoms with Crippen LogP contribution in [0.4, 0.5) is 10.2 Å². The van der Waals surface area contributed by atoms with Crippen LogP contribution in [0.15, 0.2) is 42.6 Å². The summed E-state index contributed by atoms with van der Waals surface area (Å²) in [6.45, 7) is 2.85. The molecule has 3 rings (SSSR count). The number of carboxylic acid groups (broad SMARTS) is 1. The molecular weight excluding hydrogens is 283 g/mol. The van der Waals surface area contributed by atoms with Crippen LogP contribution in [0.25, 0.3) is 0 Å². The Morgan fingerprint density at radius 1 is 1.32 bits per heavy atom. The number of halogens is 1. The summed E-state index contributed by atoms with van der Waals surface area (Å²) in [4.78, 5) is 17.5. The largest absolute Gasteiger partial charge is 0.478 e. The Labute approximate surface area is 128 Å². The second-order valence-electron chi connectivity index (χ2n) is 5.69. The van der Waals surface area contributed by atoms with E-state index in [9.17, 15) is 9.18 Å². The molecule has 5 heteroatoms. The van der Waals surface area contributed by atoms with Crippen LogP contribution in [-0.2, 0) is 0 Å². The molecule has 1 N–H and O–H groups in total. The standard InChI is InChI=1S/C17H17FN2O2/c1-11-8-14(12-2-4-15(18)5-3-12)10-20(11)16-9-13(17(21)22)6-7-19-16/h2-7,9,11,14H,8,10H2,1H3,(H,21,22). The van der Waals surface area contributed by atoms with E-state index in [1.54, 1.807) is 6.07 Å². The SMILES string of the molecule is CC1CC(c2ccc(F)cc2)CN1c1cc(C(=O)O)ccn1. The molecule has 2 aromatic rings. The van der Waals surface area contributed by atoms with Crippen molar-refractivity contribution in [2.24, 2.45) is 0 Å². The van der Waals surface area contributed by atoms with Gasteiger partial charge in [0.25, 0.3) is 0 Å². The van der Waals surface area contributed by atoms with E-state index in [1.807, 2.05) is 12.1 Å². The van der Waals surface area contributed by atoms with Gasteiger partial charge in [-0.3, -0.25) is 0 Å². The van der Waals surface area contributed by atoms with E-state index >= 15 is 0 Å². The van der Waals surface area contributed by atoms with Crippen molar-refractivity contribution in [2.75, 3.05) is 11.4 Å². The number of hydrogen-bond donors (Lipinski definition) is 1. The molecule has 22 heavy (non-hydrogen) atoms. The van der Waals surface area contributed by atoms with Crippen LogP contribution in [0.1, 0.15) is 35.2 Å². The number of benzene rings is 1. The van der Waals surface area contributed by atoms with E-state index in [0.29, 0.717) is 11.7 Å². The van der Waals surface area contributed by atoms with Crippen molar-refractivity contribution in [2.45, 2.75) is 25.3 Å². The third-order valence-electron chi connectivity index (χ3n) is 4.20. The third-order valence-corrected chi connectivity index (χ3v) is 4.20. The maximum absolute atomic E-state index is 13.0. The highest BCUT2D eigenvalue weighted by Gasteiger charge is 2.31. The summed E-state index contributed by atoms with van der Waals surface area (Å²) < 4.78 is 13.0. The van der Waals surface area contributed by atoms with Crippen LogP contribution < -0.4 is 4.90 Å². The number of aromatic carboxylic acids is 1. The predicted octanol–water partition coefficient (Wildman–Crippen LogP) is 3.30. The fourth-order valence-electron chi connectivity index (χ4n) is 3.04. The van der Waals surface area contributed by atoms with E-state index in [1.165, 1.54) is 24.4 Å². The second kappa shape index (κ2) is 5.75. The number of aromatic nitrogens is 1. The Morgan fingerprint density at radius 3 is 2.73 bits per heavy atom. The summed E-state index contributed by atoms with van der Waals surface area (Å²) in [7, 11) is 0. The molecule has 1 aliphatic rings. The van der Waals surface area contributed by atoms with Gasteiger partial charge >= 0.3 is 5.97 Å². The smallest absolute Gasteiger partial charge is 0.335 e. The molecule has 1 aromatic heterocycles. The van der Waals surface area contributed by atoms with Gasteiger partial charge in [0.05, 0.1) is 5.56 Å². The zero-order chi connectivity index (χ0) is 15.7. The molecule has 4 nitrogen and oxygen atoms in total. The first-order valence-electron chi connectivity index (χ1n) is 7.26. The zero-order valence-corrected chi connectivity index (χ0v) is 12.2. The van der Waals surface area contributed by atoms with Crippen molar-refractivity contribution in [3.05, 3.63) is 59.5 Å². The average molecular weight is 300 g/mol. The van der Waals surface area contributed by atoms with Gasteiger partial charge in [0, 0.05) is 24.7 Å². The van der Waals surface area contributed by atoms with E-state index < -0.39 is 5.97 Å². The Bertz CT molecular complexity index is 687. The van der Waals surface area contributed by atoms with E-state index in [-0.39, 0.29) is 17.4 Å². The fraction of sp³-hybridized carbons (Fsp3) is 0.294. The van der Waals surface area contributed by atoms with Gasteiger partial charge in [-0.05, 0) is 43.2 Å². The lowest BCUT2D eigenvalue weighted by atomic mass is 9.97. The first-order chi connectivity index (χ1) is 10.5. The molecule has 2 unspecified atom stereocenters. The van der Waals surface area contributed by atoms with Crippen LogP contribution in [0, 0.1) is 5.82 Å². The molecule has 0 spiro atoms. The van der Waals surface area contributed by atoms with Crippen LogP contribution in [0.5, 0.6) is 0 Å². The number of carbonyl (C=O) groups is 1. The van der Waals surface area contributed by atoms with E-state index in [0.717, 1.165) is 18.5 Å². The summed E-state index contributed by atoms with van der Waals surface area (Å²) in [6.07, 6.45) is 2.46. The molecule has 2 atom stereocenters. The lowest BCUT2D eigenvalue weighted by molar-refractivity contribution is 0.0696. The summed E-state index contributed by atoms with van der Waals surface area (Å²) in [5.41, 5.74) is 1.34. The normalized spacial score (nSPS) is 21.1. The van der Waals surface area contributed by atoms with Crippen molar-refractivity contribution >= 4 is 11.8 Å². The number of carboxylic acids is 1. The van der Waals surface area contributed by atoms with Gasteiger partial charge in [0.15, 0.2) is 0 Å². The van der Waals surface area contributed by atoms with Crippen molar-refractivity contribution < 1.29 is 14.3 Å². The molecule has 114 valence electrons. The van der Waals surface area contributed by atoms with Gasteiger partial charge in [-0.15, -0.1) is 0 Å². The Hall–Kier alpha value is -2.43. The third kappa shape index (κ3) is 2.79. The molecule has 0 saturated carbocycles. The highest BCUT2D eigenvalue weighted by Crippen LogP contribution is 2.34. The first kappa shape index (κ1) is 14.5. The van der Waals surface area contributed by atoms with Crippen LogP contribution >= 0.6 is 0 Å². The molecule has 1 aliphatic heterocycles. The summed E-state index contributed by atoms with van der Waals surface area (Å²) in [5, 5.41) is 9.09. The number of anilines is 1. The van der Waals surface area contributed by atoms with Gasteiger partial charge in [0.2, 0.25) is 0 Å². The van der Waals surface area contributed by atoms with E-state index in [4.69, 9.17) is 5.11 Å². The van der Waals surface area contributed by atoms with Crippen molar-refractivity contribution in [3.8, 4) is 0 Å². The highest BCUT2D eigenvalue weighted by atomic mass is 19.1. The zero-order valence-electron chi connectivity index (χ0n) is 12.2. The second-order valence-corrected chi connectivity index (χ2v) is 5.69. The molecule has 0 aliphatic carbocycles. The van der Waals surface area contributed by atoms with Crippen LogP contribution in [0.2, 0.25) is 0 Å². The molecule has 0 bridgehead atoms. The Balaban J connectivity index is 1.82. The quantitative estimate of drug-likeness (QED) is 0.945. The molecule has 1 aromatic carbocycles. The fourth-order valence-corrected chi connectivity index (χ4v) is 3.04. The molecule has 1 fully saturated rings. The van der Waals surface area contributed by atoms with Crippen LogP contribution in [0.3, 0.4) is 0 Å². The minimum absolute atomic E-state index is 0.234. The van der Waals surface area contributed by atoms with Gasteiger partial charge in [-0.1, -0.05) is 12.1 Å². The van der Waals surface area contributed by atoms with Crippen molar-refractivity contribution in [1.82, 2.24) is 4.98 Å². The number of nitrogens with zero attached hydrogens (tertiary/aromatic N) is 2. The highest BCUT2D eigenvalue weighted by molar-refractivity contribution is 5.88. The molecular formula is C17H17FN2O2. The number of hydrogen-bond acceptors (Lipinski definition) is 3. The van der Waals surface area contributed by atoms with E-state index in [2.05, 4.69) is 16.8 Å². The van der Waals surface area contributed by atoms with Gasteiger partial charge in [-0.25, -0.2) is 14.2 Å². The lowest BCUT2D eigenvalue weighted by Crippen LogP contribution is -2.27. The van der Waals surface area contributed by atoms with Crippen molar-refractivity contribution in [3.63, 3.8) is 0 Å². The van der Waals surface area contributed by atoms with Gasteiger partial charge in [0.1, 0.15) is 11.6 Å². The minimum atomic E-state index is -0.953. The predicted molar refractivity (Wildman–Crippen MR) is 81.8 cm³/mol. The lowest BCUT2D eigenvalue weighted by Gasteiger charge is -2.22. The van der Waals surface area contributed by atoms with Crippen molar-refractivity contribution in [1.29, 1.82) is 0 Å². The molecule has 2 heterocycles. The van der Waals surface area contributed by atoms with Crippen LogP contribution in [-0.4, -0.2) is 28.6 Å². The summed E-state index contributed by atoms with van der Waals surface area (Å²) >= 11 is 0. The first-order valence-corrected chi connectivity index (χ1v) is 7.26. The number of pyridine rings is 1. The maximum atomic E-state index is 13.0. The monoisotopic (exact) mass is 300 g/mol. The molecule has 0 radical (unpaired) electrons. The Kier molecular flexibility index (Phi) is 3.79. The number of rotatable bonds is 3. The average Bonchev–Trinajstić information content (AvgIpc) is 2.90. The summed E-state index contributed by atoms with van der Waals surface area (Å²) in [5.74, 6) is -0.212. The summed E-state index contributed by atoms with van der Waals surface area (Å²) in [6, 6.07) is 9.94.